The molecule has 2 saturated heterocycles. The third kappa shape index (κ3) is 3.98. The number of para-hydroxylation sites is 2. The molecule has 1 aromatic carbocycles. The number of hydrogen-bond donors (Lipinski definition) is 0. The van der Waals surface area contributed by atoms with Gasteiger partial charge in [0, 0.05) is 26.2 Å². The molecule has 2 fully saturated rings. The van der Waals surface area contributed by atoms with Gasteiger partial charge in [0.15, 0.2) is 5.16 Å². The molecule has 32 heavy (non-hydrogen) atoms. The Hall–Kier alpha value is -2.55. The summed E-state index contributed by atoms with van der Waals surface area (Å²) >= 11 is 1.42. The third-order valence-electron chi connectivity index (χ3n) is 6.57. The van der Waals surface area contributed by atoms with Crippen LogP contribution in [0.25, 0.3) is 16.8 Å². The SMILES string of the molecule is C[C@@H]1C[C@@H](C)CN(C(=O)CSc2nnc3n(CC(=O)N4CCCC4)c4ccccc4n23)C1. The maximum atomic E-state index is 12.9. The van der Waals surface area contributed by atoms with Gasteiger partial charge in [-0.15, -0.1) is 10.2 Å². The molecule has 0 radical (unpaired) electrons. The smallest absolute Gasteiger partial charge is 0.242 e. The van der Waals surface area contributed by atoms with Crippen molar-refractivity contribution in [1.29, 1.82) is 0 Å². The number of hydrogen-bond acceptors (Lipinski definition) is 5. The molecule has 0 unspecified atom stereocenters. The van der Waals surface area contributed by atoms with E-state index in [0.717, 1.165) is 50.1 Å². The molecule has 0 aliphatic carbocycles. The highest BCUT2D eigenvalue weighted by Gasteiger charge is 2.27. The average Bonchev–Trinajstić information content (AvgIpc) is 3.50. The van der Waals surface area contributed by atoms with E-state index in [1.807, 2.05) is 43.0 Å². The summed E-state index contributed by atoms with van der Waals surface area (Å²) in [6, 6.07) is 7.98. The molecule has 2 aromatic heterocycles. The van der Waals surface area contributed by atoms with Crippen molar-refractivity contribution in [2.75, 3.05) is 31.9 Å². The topological polar surface area (TPSA) is 75.7 Å². The molecule has 0 saturated carbocycles. The van der Waals surface area contributed by atoms with Crippen molar-refractivity contribution in [3.05, 3.63) is 24.3 Å². The van der Waals surface area contributed by atoms with E-state index in [0.29, 0.717) is 28.5 Å². The lowest BCUT2D eigenvalue weighted by molar-refractivity contribution is -0.131. The van der Waals surface area contributed by atoms with E-state index in [4.69, 9.17) is 0 Å². The van der Waals surface area contributed by atoms with Crippen LogP contribution in [-0.2, 0) is 16.1 Å². The highest BCUT2D eigenvalue weighted by molar-refractivity contribution is 7.99. The van der Waals surface area contributed by atoms with Crippen LogP contribution in [0.3, 0.4) is 0 Å². The first-order valence-electron chi connectivity index (χ1n) is 11.5. The lowest BCUT2D eigenvalue weighted by Crippen LogP contribution is -2.43. The number of likely N-dealkylation sites (tertiary alicyclic amines) is 2. The Morgan fingerprint density at radius 2 is 1.66 bits per heavy atom. The molecule has 170 valence electrons. The minimum Gasteiger partial charge on any atom is -0.341 e. The number of aromatic nitrogens is 4. The lowest BCUT2D eigenvalue weighted by atomic mass is 9.92. The monoisotopic (exact) mass is 454 g/mol. The zero-order valence-corrected chi connectivity index (χ0v) is 19.6. The van der Waals surface area contributed by atoms with Crippen molar-refractivity contribution < 1.29 is 9.59 Å². The van der Waals surface area contributed by atoms with Crippen LogP contribution in [0.4, 0.5) is 0 Å². The van der Waals surface area contributed by atoms with Gasteiger partial charge in [-0.3, -0.25) is 18.6 Å². The Kier molecular flexibility index (Phi) is 5.84. The molecule has 0 spiro atoms. The van der Waals surface area contributed by atoms with Crippen LogP contribution in [0.1, 0.15) is 33.1 Å². The van der Waals surface area contributed by atoms with Gasteiger partial charge in [0.05, 0.1) is 16.8 Å². The van der Waals surface area contributed by atoms with Crippen LogP contribution >= 0.6 is 11.8 Å². The van der Waals surface area contributed by atoms with E-state index in [1.165, 1.54) is 18.2 Å². The zero-order valence-electron chi connectivity index (χ0n) is 18.7. The van der Waals surface area contributed by atoms with Gasteiger partial charge < -0.3 is 9.80 Å². The van der Waals surface area contributed by atoms with Crippen LogP contribution < -0.4 is 0 Å². The van der Waals surface area contributed by atoms with Crippen molar-refractivity contribution in [1.82, 2.24) is 29.0 Å². The standard InChI is InChI=1S/C23H30N6O2S/c1-16-11-17(2)13-27(12-16)21(31)15-32-23-25-24-22-28(14-20(30)26-9-5-6-10-26)18-7-3-4-8-19(18)29(22)23/h3-4,7-8,16-17H,5-6,9-15H2,1-2H3/t16-,17-/m1/s1. The molecule has 0 bridgehead atoms. The maximum absolute atomic E-state index is 12.9. The largest absolute Gasteiger partial charge is 0.341 e. The highest BCUT2D eigenvalue weighted by atomic mass is 32.2. The van der Waals surface area contributed by atoms with E-state index in [-0.39, 0.29) is 18.4 Å². The minimum absolute atomic E-state index is 0.117. The van der Waals surface area contributed by atoms with Crippen molar-refractivity contribution in [3.63, 3.8) is 0 Å². The molecule has 2 amide bonds. The summed E-state index contributed by atoms with van der Waals surface area (Å²) in [4.78, 5) is 29.6. The second-order valence-electron chi connectivity index (χ2n) is 9.31. The Balaban J connectivity index is 1.39. The second kappa shape index (κ2) is 8.77. The molecule has 9 heteroatoms. The average molecular weight is 455 g/mol. The number of carbonyl (C=O) groups excluding carboxylic acids is 2. The number of fused-ring (bicyclic) bond motifs is 3. The van der Waals surface area contributed by atoms with E-state index >= 15 is 0 Å². The Bertz CT molecular complexity index is 1140. The predicted octanol–water partition coefficient (Wildman–Crippen LogP) is 2.90. The van der Waals surface area contributed by atoms with Gasteiger partial charge >= 0.3 is 0 Å². The number of carbonyl (C=O) groups is 2. The number of piperidine rings is 1. The summed E-state index contributed by atoms with van der Waals surface area (Å²) in [6.45, 7) is 8.00. The normalized spacial score (nSPS) is 21.7. The maximum Gasteiger partial charge on any atom is 0.242 e. The van der Waals surface area contributed by atoms with Crippen molar-refractivity contribution in [3.8, 4) is 0 Å². The van der Waals surface area contributed by atoms with E-state index in [1.54, 1.807) is 0 Å². The van der Waals surface area contributed by atoms with Crippen molar-refractivity contribution in [2.24, 2.45) is 11.8 Å². The first kappa shape index (κ1) is 21.3. The summed E-state index contributed by atoms with van der Waals surface area (Å²) in [7, 11) is 0. The molecule has 3 aromatic rings. The fourth-order valence-corrected chi connectivity index (χ4v) is 6.02. The van der Waals surface area contributed by atoms with Gasteiger partial charge in [-0.2, -0.15) is 0 Å². The van der Waals surface area contributed by atoms with Crippen LogP contribution in [0, 0.1) is 11.8 Å². The molecule has 2 aliphatic rings. The number of rotatable bonds is 5. The molecular formula is C23H30N6O2S. The summed E-state index contributed by atoms with van der Waals surface area (Å²) < 4.78 is 3.93. The van der Waals surface area contributed by atoms with Crippen LogP contribution in [0.2, 0.25) is 0 Å². The number of benzene rings is 1. The number of thioether (sulfide) groups is 1. The van der Waals surface area contributed by atoms with Crippen molar-refractivity contribution in [2.45, 2.75) is 44.8 Å². The number of amides is 2. The molecule has 5 rings (SSSR count). The first-order valence-corrected chi connectivity index (χ1v) is 12.5. The quantitative estimate of drug-likeness (QED) is 0.554. The molecule has 8 nitrogen and oxygen atoms in total. The second-order valence-corrected chi connectivity index (χ2v) is 10.3. The van der Waals surface area contributed by atoms with Crippen molar-refractivity contribution >= 4 is 40.4 Å². The fourth-order valence-electron chi connectivity index (χ4n) is 5.17. The Labute approximate surface area is 191 Å². The molecule has 2 aliphatic heterocycles. The highest BCUT2D eigenvalue weighted by Crippen LogP contribution is 2.27. The first-order chi connectivity index (χ1) is 15.5. The van der Waals surface area contributed by atoms with E-state index in [2.05, 4.69) is 24.0 Å². The Morgan fingerprint density at radius 3 is 2.38 bits per heavy atom. The number of imidazole rings is 1. The van der Waals surface area contributed by atoms with Gasteiger partial charge in [0.1, 0.15) is 6.54 Å². The third-order valence-corrected chi connectivity index (χ3v) is 7.48. The van der Waals surface area contributed by atoms with Gasteiger partial charge in [-0.05, 0) is 43.2 Å². The van der Waals surface area contributed by atoms with Crippen LogP contribution in [-0.4, -0.2) is 72.7 Å². The summed E-state index contributed by atoms with van der Waals surface area (Å²) in [5, 5.41) is 9.48. The van der Waals surface area contributed by atoms with Crippen LogP contribution in [0.15, 0.2) is 29.4 Å². The zero-order chi connectivity index (χ0) is 22.2. The predicted molar refractivity (Wildman–Crippen MR) is 125 cm³/mol. The van der Waals surface area contributed by atoms with E-state index < -0.39 is 0 Å². The molecule has 0 N–H and O–H groups in total. The lowest BCUT2D eigenvalue weighted by Gasteiger charge is -2.34. The van der Waals surface area contributed by atoms with Gasteiger partial charge in [-0.1, -0.05) is 37.7 Å². The summed E-state index contributed by atoms with van der Waals surface area (Å²) in [5.41, 5.74) is 1.91. The molecule has 2 atom stereocenters. The van der Waals surface area contributed by atoms with E-state index in [9.17, 15) is 9.59 Å². The Morgan fingerprint density at radius 1 is 0.969 bits per heavy atom. The molecule has 4 heterocycles. The molecular weight excluding hydrogens is 424 g/mol. The summed E-state index contributed by atoms with van der Waals surface area (Å²) in [5.74, 6) is 2.34. The fraction of sp³-hybridized carbons (Fsp3) is 0.565. The van der Waals surface area contributed by atoms with Gasteiger partial charge in [-0.25, -0.2) is 0 Å². The number of nitrogens with zero attached hydrogens (tertiary/aromatic N) is 6. The van der Waals surface area contributed by atoms with Crippen LogP contribution in [0.5, 0.6) is 0 Å². The summed E-state index contributed by atoms with van der Waals surface area (Å²) in [6.07, 6.45) is 3.32. The van der Waals surface area contributed by atoms with Gasteiger partial charge in [0.25, 0.3) is 0 Å². The minimum atomic E-state index is 0.117. The van der Waals surface area contributed by atoms with Gasteiger partial charge in [0.2, 0.25) is 17.6 Å².